The van der Waals surface area contributed by atoms with Gasteiger partial charge >= 0.3 is 24.0 Å². The molecule has 10 nitrogen and oxygen atoms in total. The van der Waals surface area contributed by atoms with E-state index in [1.165, 1.54) is 24.3 Å². The van der Waals surface area contributed by atoms with Crippen molar-refractivity contribution in [1.29, 1.82) is 0 Å². The third-order valence-electron chi connectivity index (χ3n) is 3.31. The number of benzene rings is 1. The van der Waals surface area contributed by atoms with Crippen LogP contribution in [0, 0.1) is 0 Å². The number of esters is 2. The highest BCUT2D eigenvalue weighted by atomic mass is 16.5. The topological polar surface area (TPSA) is 149 Å². The SMILES string of the molecule is CCOC(=O)C1=C(COC(=O)c2ccc(NC(N)=O)cc2)NC(=O)NC1. The van der Waals surface area contributed by atoms with E-state index in [9.17, 15) is 19.2 Å². The number of nitrogens with one attached hydrogen (secondary N) is 3. The van der Waals surface area contributed by atoms with Crippen molar-refractivity contribution >= 4 is 29.7 Å². The average molecular weight is 362 g/mol. The van der Waals surface area contributed by atoms with Crippen LogP contribution in [0.3, 0.4) is 0 Å². The number of anilines is 1. The Hall–Kier alpha value is -3.56. The van der Waals surface area contributed by atoms with Gasteiger partial charge in [-0.2, -0.15) is 0 Å². The van der Waals surface area contributed by atoms with Crippen LogP contribution in [0.15, 0.2) is 35.5 Å². The molecule has 1 aliphatic rings. The highest BCUT2D eigenvalue weighted by Gasteiger charge is 2.24. The number of rotatable bonds is 6. The number of ether oxygens (including phenoxy) is 2. The highest BCUT2D eigenvalue weighted by molar-refractivity contribution is 5.94. The molecule has 0 fully saturated rings. The number of carbonyl (C=O) groups is 4. The van der Waals surface area contributed by atoms with E-state index in [0.717, 1.165) is 0 Å². The first kappa shape index (κ1) is 18.8. The van der Waals surface area contributed by atoms with Crippen LogP contribution in [0.2, 0.25) is 0 Å². The van der Waals surface area contributed by atoms with Crippen molar-refractivity contribution < 1.29 is 28.7 Å². The van der Waals surface area contributed by atoms with Gasteiger partial charge in [-0.15, -0.1) is 0 Å². The van der Waals surface area contributed by atoms with Gasteiger partial charge in [-0.1, -0.05) is 0 Å². The molecule has 10 heteroatoms. The maximum Gasteiger partial charge on any atom is 0.338 e. The summed E-state index contributed by atoms with van der Waals surface area (Å²) >= 11 is 0. The molecule has 0 saturated heterocycles. The molecule has 26 heavy (non-hydrogen) atoms. The van der Waals surface area contributed by atoms with E-state index in [0.29, 0.717) is 5.69 Å². The molecule has 0 atom stereocenters. The maximum absolute atomic E-state index is 12.1. The van der Waals surface area contributed by atoms with E-state index >= 15 is 0 Å². The molecule has 1 heterocycles. The Morgan fingerprint density at radius 1 is 1.15 bits per heavy atom. The van der Waals surface area contributed by atoms with Gasteiger partial charge in [0, 0.05) is 5.69 Å². The van der Waals surface area contributed by atoms with Gasteiger partial charge in [-0.05, 0) is 31.2 Å². The van der Waals surface area contributed by atoms with Gasteiger partial charge in [0.15, 0.2) is 0 Å². The van der Waals surface area contributed by atoms with Crippen LogP contribution < -0.4 is 21.7 Å². The van der Waals surface area contributed by atoms with E-state index in [2.05, 4.69) is 16.0 Å². The zero-order valence-electron chi connectivity index (χ0n) is 14.0. The molecule has 2 rings (SSSR count). The smallest absolute Gasteiger partial charge is 0.338 e. The summed E-state index contributed by atoms with van der Waals surface area (Å²) in [6, 6.07) is 4.62. The largest absolute Gasteiger partial charge is 0.463 e. The minimum absolute atomic E-state index is 0.0228. The standard InChI is InChI=1S/C16H18N4O6/c1-2-25-14(22)11-7-18-16(24)20-12(11)8-26-13(21)9-3-5-10(6-4-9)19-15(17)23/h3-6H,2,7-8H2,1H3,(H3,17,19,23)(H2,18,20,24). The fourth-order valence-electron chi connectivity index (χ4n) is 2.12. The number of hydrogen-bond donors (Lipinski definition) is 4. The van der Waals surface area contributed by atoms with E-state index in [1.807, 2.05) is 0 Å². The number of primary amides is 1. The molecule has 5 N–H and O–H groups in total. The lowest BCUT2D eigenvalue weighted by atomic mass is 10.1. The molecular formula is C16H18N4O6. The summed E-state index contributed by atoms with van der Waals surface area (Å²) in [6.45, 7) is 1.51. The molecule has 4 amide bonds. The Labute approximate surface area is 148 Å². The summed E-state index contributed by atoms with van der Waals surface area (Å²) in [5.74, 6) is -1.27. The second-order valence-electron chi connectivity index (χ2n) is 5.13. The van der Waals surface area contributed by atoms with Crippen LogP contribution in [0.1, 0.15) is 17.3 Å². The van der Waals surface area contributed by atoms with Gasteiger partial charge in [0.25, 0.3) is 0 Å². The fourth-order valence-corrected chi connectivity index (χ4v) is 2.12. The number of amides is 4. The van der Waals surface area contributed by atoms with Crippen molar-refractivity contribution in [3.63, 3.8) is 0 Å². The Bertz CT molecular complexity index is 757. The molecule has 0 unspecified atom stereocenters. The second kappa shape index (κ2) is 8.51. The summed E-state index contributed by atoms with van der Waals surface area (Å²) in [5.41, 5.74) is 5.98. The first-order valence-corrected chi connectivity index (χ1v) is 7.68. The molecule has 0 aliphatic carbocycles. The summed E-state index contributed by atoms with van der Waals surface area (Å²) < 4.78 is 10.0. The lowest BCUT2D eigenvalue weighted by Crippen LogP contribution is -2.45. The van der Waals surface area contributed by atoms with Gasteiger partial charge in [0.1, 0.15) is 6.61 Å². The van der Waals surface area contributed by atoms with Crippen molar-refractivity contribution in [3.8, 4) is 0 Å². The molecule has 1 aromatic carbocycles. The van der Waals surface area contributed by atoms with Gasteiger partial charge in [-0.25, -0.2) is 19.2 Å². The van der Waals surface area contributed by atoms with Crippen molar-refractivity contribution in [2.75, 3.05) is 25.1 Å². The molecule has 0 spiro atoms. The lowest BCUT2D eigenvalue weighted by Gasteiger charge is -2.21. The predicted molar refractivity (Wildman–Crippen MR) is 90.1 cm³/mol. The summed E-state index contributed by atoms with van der Waals surface area (Å²) in [6.07, 6.45) is 0. The van der Waals surface area contributed by atoms with Gasteiger partial charge in [-0.3, -0.25) is 0 Å². The van der Waals surface area contributed by atoms with Crippen molar-refractivity contribution in [1.82, 2.24) is 10.6 Å². The molecular weight excluding hydrogens is 344 g/mol. The summed E-state index contributed by atoms with van der Waals surface area (Å²) in [7, 11) is 0. The number of urea groups is 2. The van der Waals surface area contributed by atoms with E-state index in [-0.39, 0.29) is 36.6 Å². The maximum atomic E-state index is 12.1. The molecule has 1 aromatic rings. The van der Waals surface area contributed by atoms with Crippen molar-refractivity contribution in [2.45, 2.75) is 6.92 Å². The van der Waals surface area contributed by atoms with Crippen LogP contribution in [-0.2, 0) is 14.3 Å². The van der Waals surface area contributed by atoms with Crippen LogP contribution >= 0.6 is 0 Å². The minimum atomic E-state index is -0.722. The van der Waals surface area contributed by atoms with Crippen LogP contribution in [0.5, 0.6) is 0 Å². The van der Waals surface area contributed by atoms with E-state index in [1.54, 1.807) is 6.92 Å². The molecule has 0 aromatic heterocycles. The second-order valence-corrected chi connectivity index (χ2v) is 5.13. The Morgan fingerprint density at radius 3 is 2.46 bits per heavy atom. The van der Waals surface area contributed by atoms with Crippen molar-refractivity contribution in [2.24, 2.45) is 5.73 Å². The monoisotopic (exact) mass is 362 g/mol. The average Bonchev–Trinajstić information content (AvgIpc) is 2.60. The van der Waals surface area contributed by atoms with E-state index < -0.39 is 24.0 Å². The fraction of sp³-hybridized carbons (Fsp3) is 0.250. The number of nitrogens with two attached hydrogens (primary N) is 1. The summed E-state index contributed by atoms with van der Waals surface area (Å²) in [5, 5.41) is 7.25. The number of carbonyl (C=O) groups excluding carboxylic acids is 4. The zero-order chi connectivity index (χ0) is 19.1. The third kappa shape index (κ3) is 4.97. The summed E-state index contributed by atoms with van der Waals surface area (Å²) in [4.78, 5) is 46.2. The molecule has 0 radical (unpaired) electrons. The Kier molecular flexibility index (Phi) is 6.15. The van der Waals surface area contributed by atoms with Crippen LogP contribution in [-0.4, -0.2) is 43.8 Å². The van der Waals surface area contributed by atoms with Crippen LogP contribution in [0.4, 0.5) is 15.3 Å². The molecule has 0 saturated carbocycles. The Morgan fingerprint density at radius 2 is 1.85 bits per heavy atom. The molecule has 1 aliphatic heterocycles. The third-order valence-corrected chi connectivity index (χ3v) is 3.31. The predicted octanol–water partition coefficient (Wildman–Crippen LogP) is 0.464. The highest BCUT2D eigenvalue weighted by Crippen LogP contribution is 2.12. The minimum Gasteiger partial charge on any atom is -0.463 e. The first-order chi connectivity index (χ1) is 12.4. The van der Waals surface area contributed by atoms with E-state index in [4.69, 9.17) is 15.2 Å². The van der Waals surface area contributed by atoms with Gasteiger partial charge in [0.2, 0.25) is 0 Å². The van der Waals surface area contributed by atoms with Gasteiger partial charge < -0.3 is 31.2 Å². The normalized spacial score (nSPS) is 13.3. The van der Waals surface area contributed by atoms with Gasteiger partial charge in [0.05, 0.1) is 30.0 Å². The Balaban J connectivity index is 2.04. The zero-order valence-corrected chi connectivity index (χ0v) is 14.0. The first-order valence-electron chi connectivity index (χ1n) is 7.68. The lowest BCUT2D eigenvalue weighted by molar-refractivity contribution is -0.138. The quantitative estimate of drug-likeness (QED) is 0.540. The molecule has 0 bridgehead atoms. The van der Waals surface area contributed by atoms with Crippen LogP contribution in [0.25, 0.3) is 0 Å². The number of hydrogen-bond acceptors (Lipinski definition) is 6. The van der Waals surface area contributed by atoms with Crippen molar-refractivity contribution in [3.05, 3.63) is 41.1 Å². The molecule has 138 valence electrons.